The van der Waals surface area contributed by atoms with E-state index >= 15 is 0 Å². The molecule has 1 aromatic carbocycles. The Bertz CT molecular complexity index is 635. The Balaban J connectivity index is 1.62. The average molecular weight is 308 g/mol. The normalized spacial score (nSPS) is 22.8. The number of carbonyl (C=O) groups is 1. The summed E-state index contributed by atoms with van der Waals surface area (Å²) >= 11 is 0. The molecule has 6 heteroatoms. The molecule has 1 aliphatic carbocycles. The second-order valence-corrected chi connectivity index (χ2v) is 7.97. The van der Waals surface area contributed by atoms with Crippen LogP contribution in [0.3, 0.4) is 0 Å². The molecule has 2 aliphatic rings. The van der Waals surface area contributed by atoms with E-state index in [0.717, 1.165) is 18.5 Å². The van der Waals surface area contributed by atoms with Crippen molar-refractivity contribution in [2.45, 2.75) is 42.8 Å². The van der Waals surface area contributed by atoms with Crippen LogP contribution >= 0.6 is 0 Å². The van der Waals surface area contributed by atoms with Gasteiger partial charge in [-0.3, -0.25) is 4.79 Å². The smallest absolute Gasteiger partial charge is 0.240 e. The van der Waals surface area contributed by atoms with E-state index < -0.39 is 9.84 Å². The molecule has 1 saturated heterocycles. The predicted molar refractivity (Wildman–Crippen MR) is 79.5 cm³/mol. The highest BCUT2D eigenvalue weighted by Crippen LogP contribution is 2.23. The number of likely N-dealkylation sites (tertiary alicyclic amines) is 1. The molecule has 0 radical (unpaired) electrons. The van der Waals surface area contributed by atoms with Crippen LogP contribution in [0.15, 0.2) is 29.2 Å². The quantitative estimate of drug-likeness (QED) is 0.879. The number of nitrogens with one attached hydrogen (secondary N) is 1. The minimum Gasteiger partial charge on any atom is -0.337 e. The van der Waals surface area contributed by atoms with Gasteiger partial charge in [-0.15, -0.1) is 0 Å². The largest absolute Gasteiger partial charge is 0.337 e. The van der Waals surface area contributed by atoms with Gasteiger partial charge in [0.05, 0.1) is 10.9 Å². The minimum absolute atomic E-state index is 0.0345. The van der Waals surface area contributed by atoms with Crippen molar-refractivity contribution in [2.75, 3.05) is 12.8 Å². The summed E-state index contributed by atoms with van der Waals surface area (Å²) < 4.78 is 22.8. The van der Waals surface area contributed by atoms with Gasteiger partial charge in [-0.25, -0.2) is 8.42 Å². The summed E-state index contributed by atoms with van der Waals surface area (Å²) in [6.45, 7) is 1.31. The molecule has 3 rings (SSSR count). The van der Waals surface area contributed by atoms with E-state index in [1.165, 1.54) is 19.1 Å². The maximum atomic E-state index is 12.3. The van der Waals surface area contributed by atoms with Crippen LogP contribution < -0.4 is 5.32 Å². The Morgan fingerprint density at radius 1 is 1.19 bits per heavy atom. The van der Waals surface area contributed by atoms with Crippen molar-refractivity contribution in [3.63, 3.8) is 0 Å². The summed E-state index contributed by atoms with van der Waals surface area (Å²) in [6.07, 6.45) is 4.41. The molecule has 0 aromatic heterocycles. The number of benzene rings is 1. The van der Waals surface area contributed by atoms with Crippen LogP contribution in [0.4, 0.5) is 0 Å². The van der Waals surface area contributed by atoms with E-state index in [1.54, 1.807) is 24.3 Å². The van der Waals surface area contributed by atoms with Crippen LogP contribution in [0.1, 0.15) is 24.8 Å². The molecule has 1 unspecified atom stereocenters. The number of carbonyl (C=O) groups excluding carboxylic acids is 1. The molecule has 1 N–H and O–H groups in total. The van der Waals surface area contributed by atoms with Gasteiger partial charge in [-0.2, -0.15) is 0 Å². The van der Waals surface area contributed by atoms with E-state index in [2.05, 4.69) is 5.32 Å². The van der Waals surface area contributed by atoms with Gasteiger partial charge in [0.1, 0.15) is 0 Å². The Labute approximate surface area is 125 Å². The van der Waals surface area contributed by atoms with Crippen LogP contribution in [0.5, 0.6) is 0 Å². The molecular formula is C15H20N2O3S. The van der Waals surface area contributed by atoms with Crippen molar-refractivity contribution in [1.29, 1.82) is 0 Å². The number of sulfone groups is 1. The summed E-state index contributed by atoms with van der Waals surface area (Å²) in [6, 6.07) is 7.27. The van der Waals surface area contributed by atoms with Gasteiger partial charge < -0.3 is 10.2 Å². The van der Waals surface area contributed by atoms with Gasteiger partial charge in [0, 0.05) is 25.4 Å². The fourth-order valence-corrected chi connectivity index (χ4v) is 3.28. The molecular weight excluding hydrogens is 288 g/mol. The van der Waals surface area contributed by atoms with Crippen LogP contribution in [0.25, 0.3) is 0 Å². The van der Waals surface area contributed by atoms with Crippen LogP contribution in [-0.2, 0) is 21.2 Å². The third-order valence-corrected chi connectivity index (χ3v) is 5.17. The minimum atomic E-state index is -3.16. The Morgan fingerprint density at radius 2 is 1.86 bits per heavy atom. The number of amides is 1. The molecule has 1 aliphatic heterocycles. The molecule has 1 amide bonds. The summed E-state index contributed by atoms with van der Waals surface area (Å²) in [4.78, 5) is 14.4. The number of hydrogen-bond acceptors (Lipinski definition) is 4. The van der Waals surface area contributed by atoms with E-state index in [-0.39, 0.29) is 11.9 Å². The van der Waals surface area contributed by atoms with E-state index in [9.17, 15) is 13.2 Å². The third kappa shape index (κ3) is 3.44. The lowest BCUT2D eigenvalue weighted by atomic mass is 10.2. The zero-order valence-corrected chi connectivity index (χ0v) is 12.9. The van der Waals surface area contributed by atoms with Gasteiger partial charge in [-0.1, -0.05) is 12.1 Å². The van der Waals surface area contributed by atoms with Crippen molar-refractivity contribution in [3.8, 4) is 0 Å². The molecule has 1 saturated carbocycles. The second-order valence-electron chi connectivity index (χ2n) is 5.96. The van der Waals surface area contributed by atoms with Gasteiger partial charge in [0.25, 0.3) is 0 Å². The van der Waals surface area contributed by atoms with Crippen LogP contribution in [0.2, 0.25) is 0 Å². The molecule has 1 atom stereocenters. The van der Waals surface area contributed by atoms with Gasteiger partial charge in [0.2, 0.25) is 5.91 Å². The van der Waals surface area contributed by atoms with E-state index in [0.29, 0.717) is 17.5 Å². The lowest BCUT2D eigenvalue weighted by Gasteiger charge is -2.17. The van der Waals surface area contributed by atoms with Crippen LogP contribution in [-0.4, -0.2) is 44.1 Å². The fraction of sp³-hybridized carbons (Fsp3) is 0.533. The Hall–Kier alpha value is -1.40. The molecule has 1 aromatic rings. The molecule has 114 valence electrons. The van der Waals surface area contributed by atoms with Gasteiger partial charge in [0.15, 0.2) is 9.84 Å². The molecule has 5 nitrogen and oxygen atoms in total. The Kier molecular flexibility index (Phi) is 3.75. The van der Waals surface area contributed by atoms with Crippen molar-refractivity contribution in [3.05, 3.63) is 29.8 Å². The number of rotatable bonds is 5. The van der Waals surface area contributed by atoms with E-state index in [1.807, 2.05) is 4.90 Å². The van der Waals surface area contributed by atoms with Gasteiger partial charge >= 0.3 is 0 Å². The maximum Gasteiger partial charge on any atom is 0.240 e. The highest BCUT2D eigenvalue weighted by atomic mass is 32.2. The molecule has 0 bridgehead atoms. The Morgan fingerprint density at radius 3 is 2.43 bits per heavy atom. The van der Waals surface area contributed by atoms with Crippen molar-refractivity contribution < 1.29 is 13.2 Å². The first kappa shape index (κ1) is 14.5. The highest BCUT2D eigenvalue weighted by Gasteiger charge is 2.35. The summed E-state index contributed by atoms with van der Waals surface area (Å²) in [5.41, 5.74) is 0.961. The first-order chi connectivity index (χ1) is 9.93. The number of hydrogen-bond donors (Lipinski definition) is 1. The average Bonchev–Trinajstić information content (AvgIpc) is 3.18. The maximum absolute atomic E-state index is 12.3. The SMILES string of the molecule is CS(=O)(=O)c1ccc(CN2CCC(NC3CC3)C2=O)cc1. The first-order valence-corrected chi connectivity index (χ1v) is 9.16. The zero-order chi connectivity index (χ0) is 15.0. The molecule has 2 fully saturated rings. The first-order valence-electron chi connectivity index (χ1n) is 7.27. The van der Waals surface area contributed by atoms with Crippen molar-refractivity contribution in [2.24, 2.45) is 0 Å². The summed E-state index contributed by atoms with van der Waals surface area (Å²) in [5.74, 6) is 0.161. The molecule has 21 heavy (non-hydrogen) atoms. The van der Waals surface area contributed by atoms with Crippen molar-refractivity contribution in [1.82, 2.24) is 10.2 Å². The van der Waals surface area contributed by atoms with Crippen LogP contribution in [0, 0.1) is 0 Å². The lowest BCUT2D eigenvalue weighted by molar-refractivity contribution is -0.129. The molecule has 1 heterocycles. The predicted octanol–water partition coefficient (Wildman–Crippen LogP) is 0.943. The lowest BCUT2D eigenvalue weighted by Crippen LogP contribution is -2.39. The standard InChI is InChI=1S/C15H20N2O3S/c1-21(19,20)13-6-2-11(3-7-13)10-17-9-8-14(15(17)18)16-12-4-5-12/h2-3,6-7,12,14,16H,4-5,8-10H2,1H3. The van der Waals surface area contributed by atoms with E-state index in [4.69, 9.17) is 0 Å². The zero-order valence-electron chi connectivity index (χ0n) is 12.1. The number of nitrogens with zero attached hydrogens (tertiary/aromatic N) is 1. The summed E-state index contributed by atoms with van der Waals surface area (Å²) in [7, 11) is -3.16. The topological polar surface area (TPSA) is 66.5 Å². The second kappa shape index (κ2) is 5.42. The van der Waals surface area contributed by atoms with Crippen molar-refractivity contribution >= 4 is 15.7 Å². The summed E-state index contributed by atoms with van der Waals surface area (Å²) in [5, 5.41) is 3.38. The monoisotopic (exact) mass is 308 g/mol. The van der Waals surface area contributed by atoms with Gasteiger partial charge in [-0.05, 0) is 37.0 Å². The fourth-order valence-electron chi connectivity index (χ4n) is 2.65. The third-order valence-electron chi connectivity index (χ3n) is 4.04. The molecule has 0 spiro atoms. The highest BCUT2D eigenvalue weighted by molar-refractivity contribution is 7.90.